The molecule has 0 aromatic heterocycles. The number of likely N-dealkylation sites (tertiary alicyclic amines) is 1. The van der Waals surface area contributed by atoms with Crippen LogP contribution in [0, 0.1) is 5.92 Å². The van der Waals surface area contributed by atoms with Crippen LogP contribution >= 0.6 is 0 Å². The molecule has 0 spiro atoms. The van der Waals surface area contributed by atoms with E-state index in [0.717, 1.165) is 44.5 Å². The summed E-state index contributed by atoms with van der Waals surface area (Å²) in [6, 6.07) is 14.5. The topological polar surface area (TPSA) is 29.5 Å². The fourth-order valence-electron chi connectivity index (χ4n) is 2.86. The third kappa shape index (κ3) is 3.61. The lowest BCUT2D eigenvalue weighted by molar-refractivity contribution is -0.112. The Bertz CT molecular complexity index is 603. The first-order chi connectivity index (χ1) is 10.3. The lowest BCUT2D eigenvalue weighted by atomic mass is 9.99. The fourth-order valence-corrected chi connectivity index (χ4v) is 2.86. The molecule has 1 heterocycles. The Labute approximate surface area is 125 Å². The van der Waals surface area contributed by atoms with Gasteiger partial charge in [0.2, 0.25) is 0 Å². The van der Waals surface area contributed by atoms with Crippen LogP contribution in [0.4, 0.5) is 0 Å². The lowest BCUT2D eigenvalue weighted by Crippen LogP contribution is -2.36. The molecule has 0 N–H and O–H groups in total. The summed E-state index contributed by atoms with van der Waals surface area (Å²) >= 11 is 0. The average Bonchev–Trinajstić information content (AvgIpc) is 2.55. The van der Waals surface area contributed by atoms with E-state index in [0.29, 0.717) is 6.61 Å². The number of hydrogen-bond acceptors (Lipinski definition) is 3. The van der Waals surface area contributed by atoms with Crippen LogP contribution in [0.1, 0.15) is 12.8 Å². The van der Waals surface area contributed by atoms with Crippen LogP contribution in [0.2, 0.25) is 0 Å². The third-order valence-electron chi connectivity index (χ3n) is 4.22. The van der Waals surface area contributed by atoms with E-state index in [1.807, 2.05) is 18.2 Å². The molecule has 0 amide bonds. The molecule has 0 atom stereocenters. The van der Waals surface area contributed by atoms with Crippen molar-refractivity contribution >= 4 is 17.1 Å². The predicted molar refractivity (Wildman–Crippen MR) is 84.7 cm³/mol. The highest BCUT2D eigenvalue weighted by Crippen LogP contribution is 2.20. The lowest BCUT2D eigenvalue weighted by Gasteiger charge is -2.29. The van der Waals surface area contributed by atoms with Crippen molar-refractivity contribution < 1.29 is 9.53 Å². The van der Waals surface area contributed by atoms with Crippen molar-refractivity contribution in [1.29, 1.82) is 0 Å². The molecule has 0 saturated carbocycles. The summed E-state index contributed by atoms with van der Waals surface area (Å²) in [5, 5.41) is 2.45. The molecule has 1 aliphatic rings. The molecule has 2 aromatic carbocycles. The smallest absolute Gasteiger partial charge is 0.123 e. The van der Waals surface area contributed by atoms with Gasteiger partial charge in [-0.1, -0.05) is 30.3 Å². The monoisotopic (exact) mass is 283 g/mol. The molecular weight excluding hydrogens is 262 g/mol. The minimum atomic E-state index is 0.266. The zero-order valence-corrected chi connectivity index (χ0v) is 12.2. The van der Waals surface area contributed by atoms with E-state index in [1.165, 1.54) is 10.8 Å². The summed E-state index contributed by atoms with van der Waals surface area (Å²) in [5.74, 6) is 1.19. The zero-order chi connectivity index (χ0) is 14.5. The number of benzene rings is 2. The second-order valence-electron chi connectivity index (χ2n) is 5.67. The van der Waals surface area contributed by atoms with Crippen LogP contribution in [0.3, 0.4) is 0 Å². The van der Waals surface area contributed by atoms with Crippen molar-refractivity contribution in [3.63, 3.8) is 0 Å². The molecule has 0 radical (unpaired) electrons. The number of rotatable bonds is 5. The van der Waals surface area contributed by atoms with Gasteiger partial charge in [0.15, 0.2) is 0 Å². The molecular formula is C18H21NO2. The van der Waals surface area contributed by atoms with Gasteiger partial charge < -0.3 is 9.53 Å². The number of carbonyl (C=O) groups is 1. The van der Waals surface area contributed by atoms with Gasteiger partial charge in [-0.05, 0) is 48.8 Å². The predicted octanol–water partition coefficient (Wildman–Crippen LogP) is 3.13. The summed E-state index contributed by atoms with van der Waals surface area (Å²) in [5.41, 5.74) is 0. The van der Waals surface area contributed by atoms with Crippen molar-refractivity contribution in [1.82, 2.24) is 4.90 Å². The summed E-state index contributed by atoms with van der Waals surface area (Å²) in [6.07, 6.45) is 3.07. The van der Waals surface area contributed by atoms with Gasteiger partial charge in [-0.3, -0.25) is 4.90 Å². The van der Waals surface area contributed by atoms with Gasteiger partial charge in [0.1, 0.15) is 18.6 Å². The molecule has 110 valence electrons. The van der Waals surface area contributed by atoms with E-state index in [-0.39, 0.29) is 5.92 Å². The van der Waals surface area contributed by atoms with Crippen molar-refractivity contribution in [2.24, 2.45) is 5.92 Å². The van der Waals surface area contributed by atoms with Crippen LogP contribution in [-0.4, -0.2) is 37.4 Å². The number of ether oxygens (including phenoxy) is 1. The SMILES string of the molecule is O=CC1CCN(CCOc2ccc3ccccc3c2)CC1. The summed E-state index contributed by atoms with van der Waals surface area (Å²) in [4.78, 5) is 13.1. The first-order valence-electron chi connectivity index (χ1n) is 7.64. The van der Waals surface area contributed by atoms with E-state index in [2.05, 4.69) is 29.2 Å². The number of fused-ring (bicyclic) bond motifs is 1. The molecule has 0 unspecified atom stereocenters. The van der Waals surface area contributed by atoms with Gasteiger partial charge in [0.05, 0.1) is 0 Å². The normalized spacial score (nSPS) is 17.0. The minimum absolute atomic E-state index is 0.266. The van der Waals surface area contributed by atoms with Gasteiger partial charge >= 0.3 is 0 Å². The van der Waals surface area contributed by atoms with Gasteiger partial charge in [0, 0.05) is 12.5 Å². The van der Waals surface area contributed by atoms with Crippen molar-refractivity contribution in [3.05, 3.63) is 42.5 Å². The molecule has 1 saturated heterocycles. The molecule has 0 bridgehead atoms. The second-order valence-corrected chi connectivity index (χ2v) is 5.67. The Morgan fingerprint density at radius 1 is 1.10 bits per heavy atom. The van der Waals surface area contributed by atoms with Crippen molar-refractivity contribution in [2.45, 2.75) is 12.8 Å². The number of carbonyl (C=O) groups excluding carboxylic acids is 1. The Kier molecular flexibility index (Phi) is 4.51. The molecule has 2 aromatic rings. The van der Waals surface area contributed by atoms with E-state index >= 15 is 0 Å². The number of hydrogen-bond donors (Lipinski definition) is 0. The summed E-state index contributed by atoms with van der Waals surface area (Å²) in [7, 11) is 0. The highest BCUT2D eigenvalue weighted by Gasteiger charge is 2.17. The molecule has 3 heteroatoms. The quantitative estimate of drug-likeness (QED) is 0.790. The van der Waals surface area contributed by atoms with Crippen molar-refractivity contribution in [2.75, 3.05) is 26.2 Å². The van der Waals surface area contributed by atoms with E-state index < -0.39 is 0 Å². The largest absolute Gasteiger partial charge is 0.492 e. The van der Waals surface area contributed by atoms with Gasteiger partial charge in [0.25, 0.3) is 0 Å². The highest BCUT2D eigenvalue weighted by molar-refractivity contribution is 5.83. The third-order valence-corrected chi connectivity index (χ3v) is 4.22. The maximum atomic E-state index is 10.7. The summed E-state index contributed by atoms with van der Waals surface area (Å²) < 4.78 is 5.86. The first kappa shape index (κ1) is 14.1. The van der Waals surface area contributed by atoms with E-state index in [9.17, 15) is 4.79 Å². The van der Waals surface area contributed by atoms with Crippen LogP contribution in [0.25, 0.3) is 10.8 Å². The molecule has 0 aliphatic carbocycles. The van der Waals surface area contributed by atoms with Crippen LogP contribution in [0.15, 0.2) is 42.5 Å². The zero-order valence-electron chi connectivity index (χ0n) is 12.2. The van der Waals surface area contributed by atoms with E-state index in [4.69, 9.17) is 4.74 Å². The minimum Gasteiger partial charge on any atom is -0.492 e. The van der Waals surface area contributed by atoms with Gasteiger partial charge in [-0.15, -0.1) is 0 Å². The molecule has 21 heavy (non-hydrogen) atoms. The van der Waals surface area contributed by atoms with Crippen LogP contribution < -0.4 is 4.74 Å². The standard InChI is InChI=1S/C18H21NO2/c20-14-15-7-9-19(10-8-15)11-12-21-18-6-5-16-3-1-2-4-17(16)13-18/h1-6,13-15H,7-12H2. The Hall–Kier alpha value is -1.87. The highest BCUT2D eigenvalue weighted by atomic mass is 16.5. The molecule has 1 aliphatic heterocycles. The summed E-state index contributed by atoms with van der Waals surface area (Å²) in [6.45, 7) is 3.64. The first-order valence-corrected chi connectivity index (χ1v) is 7.64. The Morgan fingerprint density at radius 2 is 1.86 bits per heavy atom. The number of aldehydes is 1. The maximum Gasteiger partial charge on any atom is 0.123 e. The molecule has 3 nitrogen and oxygen atoms in total. The molecule has 3 rings (SSSR count). The van der Waals surface area contributed by atoms with Gasteiger partial charge in [-0.2, -0.15) is 0 Å². The van der Waals surface area contributed by atoms with Crippen molar-refractivity contribution in [3.8, 4) is 5.75 Å². The average molecular weight is 283 g/mol. The number of nitrogens with zero attached hydrogens (tertiary/aromatic N) is 1. The molecule has 1 fully saturated rings. The number of piperidine rings is 1. The van der Waals surface area contributed by atoms with Crippen LogP contribution in [0.5, 0.6) is 5.75 Å². The van der Waals surface area contributed by atoms with E-state index in [1.54, 1.807) is 0 Å². The maximum absolute atomic E-state index is 10.7. The fraction of sp³-hybridized carbons (Fsp3) is 0.389. The second kappa shape index (κ2) is 6.72. The Balaban J connectivity index is 1.49. The van der Waals surface area contributed by atoms with Gasteiger partial charge in [-0.25, -0.2) is 0 Å². The Morgan fingerprint density at radius 3 is 2.62 bits per heavy atom. The van der Waals surface area contributed by atoms with Crippen LogP contribution in [-0.2, 0) is 4.79 Å².